The maximum Gasteiger partial charge on any atom is 0.325 e. The Morgan fingerprint density at radius 1 is 1.17 bits per heavy atom. The van der Waals surface area contributed by atoms with Gasteiger partial charge in [-0.3, -0.25) is 14.5 Å². The number of rotatable bonds is 8. The van der Waals surface area contributed by atoms with E-state index in [1.165, 1.54) is 4.90 Å². The first-order valence-electron chi connectivity index (χ1n) is 9.76. The molecule has 2 aromatic rings. The zero-order valence-electron chi connectivity index (χ0n) is 16.5. The van der Waals surface area contributed by atoms with E-state index in [1.54, 1.807) is 12.1 Å². The summed E-state index contributed by atoms with van der Waals surface area (Å²) in [5.74, 6) is -0.492. The third-order valence-electron chi connectivity index (χ3n) is 5.11. The number of urea groups is 1. The van der Waals surface area contributed by atoms with Crippen LogP contribution < -0.4 is 10.6 Å². The molecular weight excluding hydrogens is 425 g/mol. The van der Waals surface area contributed by atoms with Crippen molar-refractivity contribution in [1.82, 2.24) is 15.5 Å². The zero-order valence-corrected chi connectivity index (χ0v) is 18.0. The van der Waals surface area contributed by atoms with E-state index in [0.29, 0.717) is 23.0 Å². The number of nitrogens with one attached hydrogen (secondary N) is 2. The van der Waals surface area contributed by atoms with Gasteiger partial charge in [-0.1, -0.05) is 59.6 Å². The average molecular weight is 448 g/mol. The molecule has 0 spiro atoms. The van der Waals surface area contributed by atoms with Crippen LogP contribution in [0.4, 0.5) is 4.79 Å². The lowest BCUT2D eigenvalue weighted by molar-refractivity contribution is -0.129. The van der Waals surface area contributed by atoms with Gasteiger partial charge in [0.2, 0.25) is 5.91 Å². The minimum Gasteiger partial charge on any atom is -0.356 e. The molecule has 0 aromatic heterocycles. The molecule has 0 bridgehead atoms. The molecule has 1 heterocycles. The lowest BCUT2D eigenvalue weighted by Crippen LogP contribution is -2.34. The highest BCUT2D eigenvalue weighted by molar-refractivity contribution is 6.35. The maximum atomic E-state index is 12.7. The first-order valence-corrected chi connectivity index (χ1v) is 10.5. The van der Waals surface area contributed by atoms with Crippen molar-refractivity contribution in [1.29, 1.82) is 0 Å². The van der Waals surface area contributed by atoms with Gasteiger partial charge in [-0.25, -0.2) is 4.79 Å². The van der Waals surface area contributed by atoms with Crippen molar-refractivity contribution in [2.24, 2.45) is 0 Å². The van der Waals surface area contributed by atoms with Crippen molar-refractivity contribution in [3.63, 3.8) is 0 Å². The molecule has 1 aliphatic rings. The Bertz CT molecular complexity index is 936. The molecule has 30 heavy (non-hydrogen) atoms. The topological polar surface area (TPSA) is 78.5 Å². The highest BCUT2D eigenvalue weighted by atomic mass is 35.5. The van der Waals surface area contributed by atoms with Crippen molar-refractivity contribution >= 4 is 41.0 Å². The second kappa shape index (κ2) is 9.96. The summed E-state index contributed by atoms with van der Waals surface area (Å²) < 4.78 is 0. The summed E-state index contributed by atoms with van der Waals surface area (Å²) in [6, 6.07) is 13.1. The van der Waals surface area contributed by atoms with Gasteiger partial charge < -0.3 is 10.6 Å². The second-order valence-electron chi connectivity index (χ2n) is 7.17. The van der Waals surface area contributed by atoms with Crippen LogP contribution in [-0.2, 0) is 16.0 Å². The maximum absolute atomic E-state index is 12.7. The van der Waals surface area contributed by atoms with Gasteiger partial charge in [0.15, 0.2) is 0 Å². The minimum absolute atomic E-state index is 0.137. The Morgan fingerprint density at radius 2 is 1.90 bits per heavy atom. The molecule has 8 heteroatoms. The van der Waals surface area contributed by atoms with Crippen molar-refractivity contribution in [2.45, 2.75) is 38.3 Å². The molecule has 0 aliphatic carbocycles. The van der Waals surface area contributed by atoms with Crippen LogP contribution in [0.1, 0.15) is 36.9 Å². The number of carbonyl (C=O) groups is 3. The predicted octanol–water partition coefficient (Wildman–Crippen LogP) is 4.11. The number of hydrogen-bond donors (Lipinski definition) is 2. The van der Waals surface area contributed by atoms with Crippen molar-refractivity contribution < 1.29 is 14.4 Å². The van der Waals surface area contributed by atoms with Gasteiger partial charge in [-0.2, -0.15) is 0 Å². The van der Waals surface area contributed by atoms with Gasteiger partial charge in [0.05, 0.1) is 6.04 Å². The fourth-order valence-corrected chi connectivity index (χ4v) is 3.92. The second-order valence-corrected chi connectivity index (χ2v) is 8.01. The van der Waals surface area contributed by atoms with Crippen LogP contribution in [0.3, 0.4) is 0 Å². The molecule has 3 rings (SSSR count). The van der Waals surface area contributed by atoms with Crippen molar-refractivity contribution in [2.75, 3.05) is 6.54 Å². The van der Waals surface area contributed by atoms with E-state index in [4.69, 9.17) is 23.2 Å². The molecular formula is C22H23Cl2N3O3. The third kappa shape index (κ3) is 5.32. The van der Waals surface area contributed by atoms with Gasteiger partial charge in [-0.15, -0.1) is 0 Å². The first kappa shape index (κ1) is 22.1. The smallest absolute Gasteiger partial charge is 0.325 e. The fourth-order valence-electron chi connectivity index (χ4n) is 3.42. The number of carbonyl (C=O) groups excluding carboxylic acids is 3. The van der Waals surface area contributed by atoms with Crippen LogP contribution in [0.5, 0.6) is 0 Å². The SMILES string of the molecule is C[C@@H](c1ccccc1)N1C(=O)N[C@@H](CCC(=O)NCCc2ccc(Cl)cc2Cl)C1=O. The molecule has 6 nitrogen and oxygen atoms in total. The van der Waals surface area contributed by atoms with Crippen LogP contribution >= 0.6 is 23.2 Å². The number of imide groups is 1. The highest BCUT2D eigenvalue weighted by Gasteiger charge is 2.40. The van der Waals surface area contributed by atoms with Crippen LogP contribution in [0, 0.1) is 0 Å². The molecule has 0 unspecified atom stereocenters. The highest BCUT2D eigenvalue weighted by Crippen LogP contribution is 2.25. The van der Waals surface area contributed by atoms with Gasteiger partial charge in [0.25, 0.3) is 5.91 Å². The molecule has 4 amide bonds. The Labute approximate surface area is 185 Å². The summed E-state index contributed by atoms with van der Waals surface area (Å²) in [6.45, 7) is 2.23. The average Bonchev–Trinajstić information content (AvgIpc) is 3.01. The molecule has 0 saturated carbocycles. The Morgan fingerprint density at radius 3 is 2.60 bits per heavy atom. The van der Waals surface area contributed by atoms with Crippen LogP contribution in [0.25, 0.3) is 0 Å². The number of benzene rings is 2. The van der Waals surface area contributed by atoms with E-state index in [9.17, 15) is 14.4 Å². The number of halogens is 2. The Hall–Kier alpha value is -2.57. The molecule has 1 aliphatic heterocycles. The summed E-state index contributed by atoms with van der Waals surface area (Å²) in [7, 11) is 0. The molecule has 2 N–H and O–H groups in total. The number of amides is 4. The van der Waals surface area contributed by atoms with Crippen molar-refractivity contribution in [3.05, 3.63) is 69.7 Å². The summed E-state index contributed by atoms with van der Waals surface area (Å²) in [4.78, 5) is 38.4. The van der Waals surface area contributed by atoms with Gasteiger partial charge in [0, 0.05) is 23.0 Å². The summed E-state index contributed by atoms with van der Waals surface area (Å²) in [6.07, 6.45) is 0.956. The largest absolute Gasteiger partial charge is 0.356 e. The zero-order chi connectivity index (χ0) is 21.7. The first-order chi connectivity index (χ1) is 14.4. The summed E-state index contributed by atoms with van der Waals surface area (Å²) in [5.41, 5.74) is 1.77. The summed E-state index contributed by atoms with van der Waals surface area (Å²) in [5, 5.41) is 6.62. The quantitative estimate of drug-likeness (QED) is 0.597. The number of hydrogen-bond acceptors (Lipinski definition) is 3. The molecule has 0 radical (unpaired) electrons. The van der Waals surface area contributed by atoms with E-state index in [1.807, 2.05) is 43.3 Å². The van der Waals surface area contributed by atoms with Crippen molar-refractivity contribution in [3.8, 4) is 0 Å². The summed E-state index contributed by atoms with van der Waals surface area (Å²) >= 11 is 12.0. The fraction of sp³-hybridized carbons (Fsp3) is 0.318. The standard InChI is InChI=1S/C22H23Cl2N3O3/c1-14(15-5-3-2-4-6-15)27-21(29)19(26-22(27)30)9-10-20(28)25-12-11-16-7-8-17(23)13-18(16)24/h2-8,13-14,19H,9-12H2,1H3,(H,25,28)(H,26,30)/t14-,19-/m0/s1. The minimum atomic E-state index is -0.694. The van der Waals surface area contributed by atoms with E-state index in [-0.39, 0.29) is 30.7 Å². The van der Waals surface area contributed by atoms with E-state index in [2.05, 4.69) is 10.6 Å². The van der Waals surface area contributed by atoms with Crippen LogP contribution in [-0.4, -0.2) is 35.3 Å². The van der Waals surface area contributed by atoms with Gasteiger partial charge >= 0.3 is 6.03 Å². The monoisotopic (exact) mass is 447 g/mol. The lowest BCUT2D eigenvalue weighted by Gasteiger charge is -2.21. The van der Waals surface area contributed by atoms with Gasteiger partial charge in [0.1, 0.15) is 6.04 Å². The Kier molecular flexibility index (Phi) is 7.34. The number of nitrogens with zero attached hydrogens (tertiary/aromatic N) is 1. The lowest BCUT2D eigenvalue weighted by atomic mass is 10.1. The van der Waals surface area contributed by atoms with E-state index >= 15 is 0 Å². The van der Waals surface area contributed by atoms with Crippen LogP contribution in [0.2, 0.25) is 10.0 Å². The van der Waals surface area contributed by atoms with E-state index < -0.39 is 12.1 Å². The third-order valence-corrected chi connectivity index (χ3v) is 5.70. The predicted molar refractivity (Wildman–Crippen MR) is 116 cm³/mol. The van der Waals surface area contributed by atoms with Gasteiger partial charge in [-0.05, 0) is 43.0 Å². The molecule has 1 fully saturated rings. The molecule has 158 valence electrons. The molecule has 1 saturated heterocycles. The normalized spacial score (nSPS) is 17.0. The Balaban J connectivity index is 1.47. The molecule has 2 aromatic carbocycles. The molecule has 2 atom stereocenters. The van der Waals surface area contributed by atoms with E-state index in [0.717, 1.165) is 11.1 Å². The van der Waals surface area contributed by atoms with Crippen LogP contribution in [0.15, 0.2) is 48.5 Å².